The molecule has 5 nitrogen and oxygen atoms in total. The Morgan fingerprint density at radius 1 is 1.53 bits per heavy atom. The smallest absolute Gasteiger partial charge is 0.412 e. The molecule has 0 aliphatic rings. The van der Waals surface area contributed by atoms with Gasteiger partial charge in [0, 0.05) is 0 Å². The van der Waals surface area contributed by atoms with Crippen LogP contribution >= 0.6 is 12.2 Å². The number of rotatable bonds is 5. The summed E-state index contributed by atoms with van der Waals surface area (Å²) in [5.74, 6) is 0.193. The molecule has 17 heavy (non-hydrogen) atoms. The van der Waals surface area contributed by atoms with Crippen molar-refractivity contribution in [2.24, 2.45) is 0 Å². The van der Waals surface area contributed by atoms with Crippen LogP contribution in [0.3, 0.4) is 0 Å². The van der Waals surface area contributed by atoms with Crippen LogP contribution in [0.25, 0.3) is 0 Å². The largest absolute Gasteiger partial charge is 0.449 e. The molecule has 0 fully saturated rings. The van der Waals surface area contributed by atoms with Crippen LogP contribution in [0.15, 0.2) is 18.2 Å². The highest BCUT2D eigenvalue weighted by Crippen LogP contribution is 2.06. The lowest BCUT2D eigenvalue weighted by Crippen LogP contribution is -2.17. The van der Waals surface area contributed by atoms with Crippen LogP contribution in [0, 0.1) is 4.64 Å². The van der Waals surface area contributed by atoms with Gasteiger partial charge in [0.1, 0.15) is 4.64 Å². The highest BCUT2D eigenvalue weighted by Gasteiger charge is 2.05. The number of pyridine rings is 1. The third-order valence-corrected chi connectivity index (χ3v) is 2.45. The number of hydrogen-bond donors (Lipinski definition) is 2. The third kappa shape index (κ3) is 4.44. The van der Waals surface area contributed by atoms with Gasteiger partial charge in [0.25, 0.3) is 0 Å². The van der Waals surface area contributed by atoms with Crippen molar-refractivity contribution < 1.29 is 14.7 Å². The number of hydrogen-bond acceptors (Lipinski definition) is 4. The predicted molar refractivity (Wildman–Crippen MR) is 66.9 cm³/mol. The number of aromatic nitrogens is 1. The Morgan fingerprint density at radius 2 is 2.29 bits per heavy atom. The van der Waals surface area contributed by atoms with Gasteiger partial charge in [-0.3, -0.25) is 5.32 Å². The van der Waals surface area contributed by atoms with E-state index in [0.29, 0.717) is 6.61 Å². The van der Waals surface area contributed by atoms with Gasteiger partial charge in [-0.1, -0.05) is 38.0 Å². The molecule has 6 heteroatoms. The minimum atomic E-state index is -0.593. The summed E-state index contributed by atoms with van der Waals surface area (Å²) >= 11 is 4.84. The third-order valence-electron chi connectivity index (χ3n) is 2.14. The molecule has 0 saturated carbocycles. The second-order valence-electron chi connectivity index (χ2n) is 3.53. The predicted octanol–water partition coefficient (Wildman–Crippen LogP) is 3.19. The molecule has 0 radical (unpaired) electrons. The number of unbranched alkanes of at least 4 members (excludes halogenated alkanes) is 2. The van der Waals surface area contributed by atoms with Gasteiger partial charge < -0.3 is 9.94 Å². The summed E-state index contributed by atoms with van der Waals surface area (Å²) in [5, 5.41) is 11.9. The molecule has 1 aromatic rings. The SMILES string of the molecule is CCCCCOC(=O)Nc1cccc(=S)n1O. The second kappa shape index (κ2) is 6.90. The molecule has 1 rings (SSSR count). The quantitative estimate of drug-likeness (QED) is 0.482. The Balaban J connectivity index is 2.45. The average Bonchev–Trinajstić information content (AvgIpc) is 2.31. The molecule has 0 aromatic carbocycles. The lowest BCUT2D eigenvalue weighted by atomic mass is 10.3. The van der Waals surface area contributed by atoms with Crippen molar-refractivity contribution in [1.82, 2.24) is 4.73 Å². The number of nitrogens with one attached hydrogen (secondary N) is 1. The molecule has 0 spiro atoms. The first-order chi connectivity index (χ1) is 8.15. The second-order valence-corrected chi connectivity index (χ2v) is 3.95. The fourth-order valence-electron chi connectivity index (χ4n) is 1.23. The first-order valence-corrected chi connectivity index (χ1v) is 5.91. The molecule has 94 valence electrons. The van der Waals surface area contributed by atoms with E-state index in [4.69, 9.17) is 17.0 Å². The molecule has 1 heterocycles. The Hall–Kier alpha value is -1.56. The lowest BCUT2D eigenvalue weighted by Gasteiger charge is -2.09. The lowest BCUT2D eigenvalue weighted by molar-refractivity contribution is 0.155. The Kier molecular flexibility index (Phi) is 5.48. The van der Waals surface area contributed by atoms with Crippen LogP contribution < -0.4 is 5.32 Å². The fourth-order valence-corrected chi connectivity index (χ4v) is 1.41. The van der Waals surface area contributed by atoms with Crippen molar-refractivity contribution in [3.05, 3.63) is 22.8 Å². The van der Waals surface area contributed by atoms with Crippen molar-refractivity contribution in [2.45, 2.75) is 26.2 Å². The van der Waals surface area contributed by atoms with E-state index in [-0.39, 0.29) is 10.5 Å². The van der Waals surface area contributed by atoms with Crippen LogP contribution in [0.1, 0.15) is 26.2 Å². The zero-order valence-electron chi connectivity index (χ0n) is 9.68. The summed E-state index contributed by atoms with van der Waals surface area (Å²) in [5.41, 5.74) is 0. The topological polar surface area (TPSA) is 63.5 Å². The molecule has 0 aliphatic carbocycles. The van der Waals surface area contributed by atoms with E-state index in [2.05, 4.69) is 12.2 Å². The normalized spacial score (nSPS) is 9.94. The van der Waals surface area contributed by atoms with E-state index in [1.807, 2.05) is 0 Å². The molecule has 0 unspecified atom stereocenters. The maximum atomic E-state index is 11.3. The Bertz CT molecular complexity index is 431. The molecule has 0 saturated heterocycles. The Morgan fingerprint density at radius 3 is 3.00 bits per heavy atom. The molecule has 2 N–H and O–H groups in total. The molecule has 1 amide bonds. The number of amides is 1. The van der Waals surface area contributed by atoms with Crippen molar-refractivity contribution >= 4 is 24.1 Å². The van der Waals surface area contributed by atoms with Gasteiger partial charge in [0.15, 0.2) is 5.82 Å². The van der Waals surface area contributed by atoms with Gasteiger partial charge in [-0.15, -0.1) is 0 Å². The van der Waals surface area contributed by atoms with Crippen LogP contribution in [0.2, 0.25) is 0 Å². The zero-order chi connectivity index (χ0) is 12.7. The fraction of sp³-hybridized carbons (Fsp3) is 0.455. The summed E-state index contributed by atoms with van der Waals surface area (Å²) in [6.07, 6.45) is 2.34. The molecule has 0 aliphatic heterocycles. The summed E-state index contributed by atoms with van der Waals surface area (Å²) in [6.45, 7) is 2.45. The monoisotopic (exact) mass is 256 g/mol. The zero-order valence-corrected chi connectivity index (χ0v) is 10.5. The number of anilines is 1. The number of carbonyl (C=O) groups is 1. The number of carbonyl (C=O) groups excluding carboxylic acids is 1. The van der Waals surface area contributed by atoms with E-state index in [1.165, 1.54) is 6.07 Å². The van der Waals surface area contributed by atoms with Crippen LogP contribution in [-0.2, 0) is 4.74 Å². The molecular weight excluding hydrogens is 240 g/mol. The van der Waals surface area contributed by atoms with Crippen LogP contribution in [0.4, 0.5) is 10.6 Å². The van der Waals surface area contributed by atoms with Gasteiger partial charge in [-0.05, 0) is 18.6 Å². The van der Waals surface area contributed by atoms with E-state index in [1.54, 1.807) is 12.1 Å². The molecular formula is C11H16N2O3S. The minimum absolute atomic E-state index is 0.193. The van der Waals surface area contributed by atoms with Gasteiger partial charge >= 0.3 is 6.09 Å². The van der Waals surface area contributed by atoms with Crippen molar-refractivity contribution in [2.75, 3.05) is 11.9 Å². The minimum Gasteiger partial charge on any atom is -0.449 e. The maximum Gasteiger partial charge on any atom is 0.412 e. The van der Waals surface area contributed by atoms with E-state index < -0.39 is 6.09 Å². The Labute approximate surface area is 105 Å². The molecule has 1 aromatic heterocycles. The van der Waals surface area contributed by atoms with Gasteiger partial charge in [-0.25, -0.2) is 4.79 Å². The van der Waals surface area contributed by atoms with Gasteiger partial charge in [0.05, 0.1) is 6.61 Å². The van der Waals surface area contributed by atoms with Crippen LogP contribution in [0.5, 0.6) is 0 Å². The standard InChI is InChI=1S/C11H16N2O3S/c1-2-3-4-8-16-11(14)12-9-6-5-7-10(17)13(9)15/h5-7,15H,2-4,8H2,1H3,(H,12,14). The van der Waals surface area contributed by atoms with Gasteiger partial charge in [-0.2, -0.15) is 4.73 Å². The maximum absolute atomic E-state index is 11.3. The first-order valence-electron chi connectivity index (χ1n) is 5.50. The first kappa shape index (κ1) is 13.5. The number of ether oxygens (including phenoxy) is 1. The summed E-state index contributed by atoms with van der Waals surface area (Å²) in [4.78, 5) is 11.3. The summed E-state index contributed by atoms with van der Waals surface area (Å²) in [7, 11) is 0. The average molecular weight is 256 g/mol. The highest BCUT2D eigenvalue weighted by molar-refractivity contribution is 7.71. The van der Waals surface area contributed by atoms with E-state index >= 15 is 0 Å². The van der Waals surface area contributed by atoms with Crippen molar-refractivity contribution in [3.63, 3.8) is 0 Å². The summed E-state index contributed by atoms with van der Waals surface area (Å²) in [6, 6.07) is 4.72. The highest BCUT2D eigenvalue weighted by atomic mass is 32.1. The number of nitrogens with zero attached hydrogens (tertiary/aromatic N) is 1. The van der Waals surface area contributed by atoms with Gasteiger partial charge in [0.2, 0.25) is 0 Å². The van der Waals surface area contributed by atoms with E-state index in [0.717, 1.165) is 24.0 Å². The summed E-state index contributed by atoms with van der Waals surface area (Å²) < 4.78 is 5.88. The van der Waals surface area contributed by atoms with Crippen LogP contribution in [-0.4, -0.2) is 22.6 Å². The van der Waals surface area contributed by atoms with Crippen molar-refractivity contribution in [3.8, 4) is 0 Å². The van der Waals surface area contributed by atoms with Crippen molar-refractivity contribution in [1.29, 1.82) is 0 Å². The molecule has 0 atom stereocenters. The van der Waals surface area contributed by atoms with E-state index in [9.17, 15) is 10.0 Å². The molecule has 0 bridgehead atoms.